The number of nitrogens with zero attached hydrogens (tertiary/aromatic N) is 5. The van der Waals surface area contributed by atoms with Gasteiger partial charge in [0.15, 0.2) is 0 Å². The SMILES string of the molecule is C=CC(=O)N1CC2(CCN(c3nc4c(c(-c5cccc(C)c5C)n3)CC[C@H](c3nccs3)C4)C2)C1. The molecule has 1 atom stereocenters. The van der Waals surface area contributed by atoms with Gasteiger partial charge in [0.25, 0.3) is 0 Å². The fourth-order valence-electron chi connectivity index (χ4n) is 6.03. The van der Waals surface area contributed by atoms with Gasteiger partial charge in [-0.3, -0.25) is 4.79 Å². The van der Waals surface area contributed by atoms with Crippen molar-refractivity contribution in [2.75, 3.05) is 31.1 Å². The molecule has 6 nitrogen and oxygen atoms in total. The van der Waals surface area contributed by atoms with Crippen molar-refractivity contribution in [3.63, 3.8) is 0 Å². The minimum absolute atomic E-state index is 0.0320. The molecular formula is C28H31N5OS. The Hall–Kier alpha value is -3.06. The minimum Gasteiger partial charge on any atom is -0.340 e. The van der Waals surface area contributed by atoms with E-state index in [4.69, 9.17) is 9.97 Å². The third-order valence-corrected chi connectivity index (χ3v) is 9.12. The summed E-state index contributed by atoms with van der Waals surface area (Å²) in [6, 6.07) is 6.51. The summed E-state index contributed by atoms with van der Waals surface area (Å²) in [6.07, 6.45) is 7.37. The van der Waals surface area contributed by atoms with Crippen LogP contribution in [0.3, 0.4) is 0 Å². The van der Waals surface area contributed by atoms with Gasteiger partial charge in [0.1, 0.15) is 0 Å². The molecule has 3 aromatic rings. The van der Waals surface area contributed by atoms with Gasteiger partial charge < -0.3 is 9.80 Å². The number of amides is 1. The number of benzene rings is 1. The molecule has 180 valence electrons. The fourth-order valence-corrected chi connectivity index (χ4v) is 6.81. The average molecular weight is 486 g/mol. The van der Waals surface area contributed by atoms with E-state index in [1.807, 2.05) is 11.1 Å². The molecule has 0 radical (unpaired) electrons. The summed E-state index contributed by atoms with van der Waals surface area (Å²) in [7, 11) is 0. The lowest BCUT2D eigenvalue weighted by atomic mass is 9.79. The van der Waals surface area contributed by atoms with Crippen LogP contribution in [0.2, 0.25) is 0 Å². The molecule has 0 unspecified atom stereocenters. The van der Waals surface area contributed by atoms with E-state index in [-0.39, 0.29) is 11.3 Å². The Bertz CT molecular complexity index is 1290. The van der Waals surface area contributed by atoms with Crippen LogP contribution in [0.25, 0.3) is 11.3 Å². The Labute approximate surface area is 210 Å². The lowest BCUT2D eigenvalue weighted by Crippen LogP contribution is -2.59. The largest absolute Gasteiger partial charge is 0.340 e. The van der Waals surface area contributed by atoms with Crippen molar-refractivity contribution in [1.82, 2.24) is 19.9 Å². The first kappa shape index (κ1) is 22.4. The molecule has 6 rings (SSSR count). The molecule has 2 saturated heterocycles. The first-order valence-electron chi connectivity index (χ1n) is 12.5. The molecule has 4 heterocycles. The maximum atomic E-state index is 12.0. The molecule has 35 heavy (non-hydrogen) atoms. The second kappa shape index (κ2) is 8.55. The first-order valence-corrected chi connectivity index (χ1v) is 13.4. The van der Waals surface area contributed by atoms with E-state index in [0.717, 1.165) is 63.5 Å². The number of likely N-dealkylation sites (tertiary alicyclic amines) is 1. The number of fused-ring (bicyclic) bond motifs is 1. The van der Waals surface area contributed by atoms with Gasteiger partial charge in [-0.25, -0.2) is 15.0 Å². The maximum Gasteiger partial charge on any atom is 0.245 e. The Kier molecular flexibility index (Phi) is 5.48. The number of aromatic nitrogens is 3. The van der Waals surface area contributed by atoms with E-state index in [9.17, 15) is 4.79 Å². The average Bonchev–Trinajstić information content (AvgIpc) is 3.54. The van der Waals surface area contributed by atoms with Crippen LogP contribution < -0.4 is 4.90 Å². The van der Waals surface area contributed by atoms with E-state index >= 15 is 0 Å². The minimum atomic E-state index is 0.0320. The van der Waals surface area contributed by atoms with Crippen LogP contribution in [0, 0.1) is 19.3 Å². The second-order valence-electron chi connectivity index (χ2n) is 10.4. The van der Waals surface area contributed by atoms with Gasteiger partial charge in [0, 0.05) is 60.2 Å². The molecule has 0 bridgehead atoms. The number of rotatable bonds is 4. The van der Waals surface area contributed by atoms with E-state index in [2.05, 4.69) is 53.9 Å². The van der Waals surface area contributed by atoms with Crippen LogP contribution in [0.5, 0.6) is 0 Å². The molecule has 1 spiro atoms. The zero-order valence-corrected chi connectivity index (χ0v) is 21.3. The van der Waals surface area contributed by atoms with Gasteiger partial charge in [0.05, 0.1) is 16.4 Å². The van der Waals surface area contributed by atoms with Crippen molar-refractivity contribution in [1.29, 1.82) is 0 Å². The van der Waals surface area contributed by atoms with Crippen LogP contribution in [0.4, 0.5) is 5.95 Å². The number of aryl methyl sites for hydroxylation is 1. The summed E-state index contributed by atoms with van der Waals surface area (Å²) in [5, 5.41) is 3.28. The molecule has 2 fully saturated rings. The zero-order chi connectivity index (χ0) is 24.2. The summed E-state index contributed by atoms with van der Waals surface area (Å²) in [4.78, 5) is 31.3. The van der Waals surface area contributed by atoms with Crippen molar-refractivity contribution in [2.24, 2.45) is 5.41 Å². The third kappa shape index (κ3) is 3.86. The van der Waals surface area contributed by atoms with Crippen LogP contribution in [-0.4, -0.2) is 51.9 Å². The molecule has 2 aromatic heterocycles. The van der Waals surface area contributed by atoms with Crippen molar-refractivity contribution in [3.05, 3.63) is 69.8 Å². The maximum absolute atomic E-state index is 12.0. The Morgan fingerprint density at radius 3 is 2.86 bits per heavy atom. The highest BCUT2D eigenvalue weighted by Crippen LogP contribution is 2.43. The smallest absolute Gasteiger partial charge is 0.245 e. The number of anilines is 1. The lowest BCUT2D eigenvalue weighted by Gasteiger charge is -2.47. The Morgan fingerprint density at radius 1 is 1.23 bits per heavy atom. The normalized spacial score (nSPS) is 20.6. The number of hydrogen-bond donors (Lipinski definition) is 0. The highest BCUT2D eigenvalue weighted by molar-refractivity contribution is 7.09. The summed E-state index contributed by atoms with van der Waals surface area (Å²) < 4.78 is 0. The Morgan fingerprint density at radius 2 is 2.09 bits per heavy atom. The molecule has 7 heteroatoms. The second-order valence-corrected chi connectivity index (χ2v) is 11.4. The van der Waals surface area contributed by atoms with Gasteiger partial charge >= 0.3 is 0 Å². The highest BCUT2D eigenvalue weighted by atomic mass is 32.1. The molecule has 1 aliphatic carbocycles. The fraction of sp³-hybridized carbons (Fsp3) is 0.429. The van der Waals surface area contributed by atoms with E-state index < -0.39 is 0 Å². The summed E-state index contributed by atoms with van der Waals surface area (Å²) in [5.74, 6) is 1.29. The van der Waals surface area contributed by atoms with E-state index in [1.54, 1.807) is 11.3 Å². The molecule has 1 aromatic carbocycles. The summed E-state index contributed by atoms with van der Waals surface area (Å²) >= 11 is 1.75. The quantitative estimate of drug-likeness (QED) is 0.501. The van der Waals surface area contributed by atoms with Crippen LogP contribution in [0.15, 0.2) is 42.4 Å². The van der Waals surface area contributed by atoms with Crippen LogP contribution in [-0.2, 0) is 17.6 Å². The lowest BCUT2D eigenvalue weighted by molar-refractivity contribution is -0.136. The molecule has 2 aliphatic heterocycles. The predicted octanol–water partition coefficient (Wildman–Crippen LogP) is 4.71. The molecule has 0 saturated carbocycles. The monoisotopic (exact) mass is 485 g/mol. The summed E-state index contributed by atoms with van der Waals surface area (Å²) in [6.45, 7) is 11.4. The molecular weight excluding hydrogens is 454 g/mol. The van der Waals surface area contributed by atoms with Crippen molar-refractivity contribution < 1.29 is 4.79 Å². The van der Waals surface area contributed by atoms with Crippen LogP contribution in [0.1, 0.15) is 46.2 Å². The molecule has 1 amide bonds. The molecule has 3 aliphatic rings. The highest BCUT2D eigenvalue weighted by Gasteiger charge is 2.49. The van der Waals surface area contributed by atoms with Crippen molar-refractivity contribution in [2.45, 2.75) is 45.4 Å². The number of carbonyl (C=O) groups excluding carboxylic acids is 1. The standard InChI is InChI=1S/C28H31N5OS/c1-4-24(34)33-16-28(17-33)10-12-32(15-28)27-30-23-14-20(26-29-11-13-35-26)8-9-22(23)25(31-27)21-7-5-6-18(2)19(21)3/h4-7,11,13,20H,1,8-10,12,14-17H2,2-3H3/t20-/m0/s1. The van der Waals surface area contributed by atoms with Gasteiger partial charge in [-0.1, -0.05) is 24.8 Å². The summed E-state index contributed by atoms with van der Waals surface area (Å²) in [5.41, 5.74) is 7.53. The Balaban J connectivity index is 1.36. The zero-order valence-electron chi connectivity index (χ0n) is 20.5. The van der Waals surface area contributed by atoms with Gasteiger partial charge in [0.2, 0.25) is 11.9 Å². The van der Waals surface area contributed by atoms with Gasteiger partial charge in [-0.15, -0.1) is 11.3 Å². The van der Waals surface area contributed by atoms with Crippen LogP contribution >= 0.6 is 11.3 Å². The number of thiazole rings is 1. The predicted molar refractivity (Wildman–Crippen MR) is 140 cm³/mol. The van der Waals surface area contributed by atoms with E-state index in [0.29, 0.717) is 5.92 Å². The van der Waals surface area contributed by atoms with Gasteiger partial charge in [-0.2, -0.15) is 0 Å². The third-order valence-electron chi connectivity index (χ3n) is 8.18. The number of carbonyl (C=O) groups is 1. The van der Waals surface area contributed by atoms with Crippen molar-refractivity contribution >= 4 is 23.2 Å². The topological polar surface area (TPSA) is 62.2 Å². The number of hydrogen-bond acceptors (Lipinski definition) is 6. The molecule has 0 N–H and O–H groups in total. The van der Waals surface area contributed by atoms with Crippen molar-refractivity contribution in [3.8, 4) is 11.3 Å². The first-order chi connectivity index (χ1) is 17.0. The van der Waals surface area contributed by atoms with E-state index in [1.165, 1.54) is 39.0 Å². The van der Waals surface area contributed by atoms with Gasteiger partial charge in [-0.05, 0) is 56.7 Å².